The van der Waals surface area contributed by atoms with Crippen LogP contribution in [0.5, 0.6) is 0 Å². The number of nitrogens with zero attached hydrogens (tertiary/aromatic N) is 1. The van der Waals surface area contributed by atoms with E-state index >= 15 is 0 Å². The quantitative estimate of drug-likeness (QED) is 0.514. The summed E-state index contributed by atoms with van der Waals surface area (Å²) in [6.07, 6.45) is 2.34. The Morgan fingerprint density at radius 2 is 1.70 bits per heavy atom. The number of nitrogens with one attached hydrogen (secondary N) is 2. The Morgan fingerprint density at radius 1 is 1.04 bits per heavy atom. The molecule has 0 bridgehead atoms. The van der Waals surface area contributed by atoms with Crippen LogP contribution in [0.2, 0.25) is 5.02 Å². The van der Waals surface area contributed by atoms with Gasteiger partial charge in [0, 0.05) is 10.7 Å². The van der Waals surface area contributed by atoms with Gasteiger partial charge in [-0.15, -0.1) is 0 Å². The molecule has 2 aromatic carbocycles. The lowest BCUT2D eigenvalue weighted by Gasteiger charge is -2.04. The summed E-state index contributed by atoms with van der Waals surface area (Å²) in [6, 6.07) is 14.2. The second-order valence-corrected chi connectivity index (χ2v) is 5.19. The molecule has 2 rings (SSSR count). The van der Waals surface area contributed by atoms with E-state index in [0.717, 1.165) is 17.5 Å². The normalized spacial score (nSPS) is 10.5. The maximum absolute atomic E-state index is 11.7. The highest BCUT2D eigenvalue weighted by molar-refractivity contribution is 6.39. The third kappa shape index (κ3) is 5.23. The van der Waals surface area contributed by atoms with Crippen molar-refractivity contribution >= 4 is 35.3 Å². The highest BCUT2D eigenvalue weighted by Gasteiger charge is 2.12. The fraction of sp³-hybridized carbons (Fsp3) is 0.118. The molecule has 0 saturated heterocycles. The lowest BCUT2D eigenvalue weighted by molar-refractivity contribution is -0.136. The molecule has 0 aliphatic heterocycles. The number of hydrogen-bond acceptors (Lipinski definition) is 3. The van der Waals surface area contributed by atoms with Gasteiger partial charge in [-0.05, 0) is 41.8 Å². The molecule has 0 aromatic heterocycles. The van der Waals surface area contributed by atoms with Gasteiger partial charge < -0.3 is 5.32 Å². The van der Waals surface area contributed by atoms with E-state index in [-0.39, 0.29) is 0 Å². The van der Waals surface area contributed by atoms with Gasteiger partial charge in [0.1, 0.15) is 0 Å². The second-order valence-electron chi connectivity index (χ2n) is 4.76. The number of aryl methyl sites for hydroxylation is 1. The second kappa shape index (κ2) is 8.10. The summed E-state index contributed by atoms with van der Waals surface area (Å²) in [5.41, 5.74) is 4.64. The van der Waals surface area contributed by atoms with Crippen LogP contribution < -0.4 is 10.7 Å². The molecule has 0 heterocycles. The molecule has 0 unspecified atom stereocenters. The number of benzene rings is 2. The van der Waals surface area contributed by atoms with Crippen LogP contribution in [-0.4, -0.2) is 18.0 Å². The Hall–Kier alpha value is -2.66. The average molecular weight is 330 g/mol. The Bertz CT molecular complexity index is 710. The van der Waals surface area contributed by atoms with Gasteiger partial charge in [-0.2, -0.15) is 5.10 Å². The largest absolute Gasteiger partial charge is 0.329 e. The highest BCUT2D eigenvalue weighted by atomic mass is 35.5. The van der Waals surface area contributed by atoms with Crippen LogP contribution in [0.15, 0.2) is 53.6 Å². The van der Waals surface area contributed by atoms with Crippen molar-refractivity contribution in [2.45, 2.75) is 13.3 Å². The summed E-state index contributed by atoms with van der Waals surface area (Å²) in [5, 5.41) is 6.85. The molecule has 0 aliphatic carbocycles. The number of carbonyl (C=O) groups is 2. The lowest BCUT2D eigenvalue weighted by atomic mass is 10.1. The van der Waals surface area contributed by atoms with Crippen molar-refractivity contribution < 1.29 is 9.59 Å². The van der Waals surface area contributed by atoms with E-state index in [4.69, 9.17) is 11.6 Å². The summed E-state index contributed by atoms with van der Waals surface area (Å²) >= 11 is 5.77. The van der Waals surface area contributed by atoms with E-state index in [9.17, 15) is 9.59 Å². The van der Waals surface area contributed by atoms with Crippen molar-refractivity contribution in [3.8, 4) is 0 Å². The number of hydrazone groups is 1. The Balaban J connectivity index is 1.86. The van der Waals surface area contributed by atoms with Crippen LogP contribution in [0.25, 0.3) is 0 Å². The van der Waals surface area contributed by atoms with Gasteiger partial charge in [0.05, 0.1) is 6.21 Å². The third-order valence-electron chi connectivity index (χ3n) is 3.08. The van der Waals surface area contributed by atoms with Crippen LogP contribution in [0, 0.1) is 0 Å². The van der Waals surface area contributed by atoms with Crippen molar-refractivity contribution in [2.24, 2.45) is 5.10 Å². The summed E-state index contributed by atoms with van der Waals surface area (Å²) in [6.45, 7) is 2.04. The van der Waals surface area contributed by atoms with Gasteiger partial charge in [-0.3, -0.25) is 9.59 Å². The number of amides is 2. The van der Waals surface area contributed by atoms with Gasteiger partial charge >= 0.3 is 11.8 Å². The fourth-order valence-electron chi connectivity index (χ4n) is 1.78. The van der Waals surface area contributed by atoms with E-state index in [1.807, 2.05) is 19.1 Å². The summed E-state index contributed by atoms with van der Waals surface area (Å²) in [7, 11) is 0. The molecule has 23 heavy (non-hydrogen) atoms. The molecule has 0 fully saturated rings. The maximum atomic E-state index is 11.7. The topological polar surface area (TPSA) is 70.6 Å². The minimum atomic E-state index is -0.838. The smallest absolute Gasteiger partial charge is 0.318 e. The van der Waals surface area contributed by atoms with E-state index < -0.39 is 11.8 Å². The van der Waals surface area contributed by atoms with Crippen LogP contribution in [-0.2, 0) is 16.0 Å². The number of carbonyl (C=O) groups excluding carboxylic acids is 2. The molecule has 2 amide bonds. The average Bonchev–Trinajstić information content (AvgIpc) is 2.57. The molecule has 0 aliphatic rings. The van der Waals surface area contributed by atoms with Crippen molar-refractivity contribution in [1.82, 2.24) is 5.43 Å². The van der Waals surface area contributed by atoms with Crippen molar-refractivity contribution in [2.75, 3.05) is 5.32 Å². The van der Waals surface area contributed by atoms with Crippen LogP contribution in [0.1, 0.15) is 18.1 Å². The Morgan fingerprint density at radius 3 is 2.30 bits per heavy atom. The zero-order valence-electron chi connectivity index (χ0n) is 12.5. The summed E-state index contributed by atoms with van der Waals surface area (Å²) in [5.74, 6) is -1.61. The number of hydrogen-bond donors (Lipinski definition) is 2. The standard InChI is InChI=1S/C17H16ClN3O2/c1-2-12-5-9-15(10-6-12)20-16(22)17(23)21-19-11-13-3-7-14(18)8-4-13/h3-11H,2H2,1H3,(H,20,22)(H,21,23)/b19-11+. The molecule has 0 saturated carbocycles. The molecule has 0 spiro atoms. The molecular formula is C17H16ClN3O2. The first-order valence-electron chi connectivity index (χ1n) is 7.07. The van der Waals surface area contributed by atoms with Crippen molar-refractivity contribution in [3.63, 3.8) is 0 Å². The SMILES string of the molecule is CCc1ccc(NC(=O)C(=O)N/N=C/c2ccc(Cl)cc2)cc1. The number of anilines is 1. The minimum absolute atomic E-state index is 0.559. The van der Waals surface area contributed by atoms with Gasteiger partial charge in [-0.25, -0.2) is 5.43 Å². The molecule has 6 heteroatoms. The van der Waals surface area contributed by atoms with E-state index in [0.29, 0.717) is 10.7 Å². The van der Waals surface area contributed by atoms with E-state index in [2.05, 4.69) is 15.8 Å². The monoisotopic (exact) mass is 329 g/mol. The summed E-state index contributed by atoms with van der Waals surface area (Å²) in [4.78, 5) is 23.4. The Kier molecular flexibility index (Phi) is 5.88. The van der Waals surface area contributed by atoms with Gasteiger partial charge in [-0.1, -0.05) is 42.8 Å². The summed E-state index contributed by atoms with van der Waals surface area (Å²) < 4.78 is 0. The maximum Gasteiger partial charge on any atom is 0.329 e. The van der Waals surface area contributed by atoms with Crippen LogP contribution in [0.4, 0.5) is 5.69 Å². The van der Waals surface area contributed by atoms with Crippen LogP contribution in [0.3, 0.4) is 0 Å². The minimum Gasteiger partial charge on any atom is -0.318 e. The molecule has 2 N–H and O–H groups in total. The predicted molar refractivity (Wildman–Crippen MR) is 91.6 cm³/mol. The van der Waals surface area contributed by atoms with E-state index in [1.165, 1.54) is 6.21 Å². The van der Waals surface area contributed by atoms with Gasteiger partial charge in [0.25, 0.3) is 0 Å². The third-order valence-corrected chi connectivity index (χ3v) is 3.33. The van der Waals surface area contributed by atoms with Crippen molar-refractivity contribution in [3.05, 3.63) is 64.7 Å². The Labute approximate surface area is 139 Å². The van der Waals surface area contributed by atoms with Gasteiger partial charge in [0.15, 0.2) is 0 Å². The van der Waals surface area contributed by atoms with Crippen molar-refractivity contribution in [1.29, 1.82) is 0 Å². The van der Waals surface area contributed by atoms with Crippen LogP contribution >= 0.6 is 11.6 Å². The highest BCUT2D eigenvalue weighted by Crippen LogP contribution is 2.10. The molecule has 5 nitrogen and oxygen atoms in total. The predicted octanol–water partition coefficient (Wildman–Crippen LogP) is 2.99. The zero-order chi connectivity index (χ0) is 16.7. The molecule has 0 radical (unpaired) electrons. The number of rotatable bonds is 4. The number of halogens is 1. The van der Waals surface area contributed by atoms with Gasteiger partial charge in [0.2, 0.25) is 0 Å². The molecule has 118 valence electrons. The van der Waals surface area contributed by atoms with E-state index in [1.54, 1.807) is 36.4 Å². The lowest BCUT2D eigenvalue weighted by Crippen LogP contribution is -2.32. The molecule has 2 aromatic rings. The first kappa shape index (κ1) is 16.7. The molecule has 0 atom stereocenters. The molecular weight excluding hydrogens is 314 g/mol. The fourth-order valence-corrected chi connectivity index (χ4v) is 1.90. The first-order chi connectivity index (χ1) is 11.1. The zero-order valence-corrected chi connectivity index (χ0v) is 13.3. The first-order valence-corrected chi connectivity index (χ1v) is 7.45.